The van der Waals surface area contributed by atoms with Gasteiger partial charge in [0.1, 0.15) is 44.2 Å². The number of aromatic nitrogens is 3. The van der Waals surface area contributed by atoms with Crippen molar-refractivity contribution in [3.63, 3.8) is 0 Å². The molecule has 0 amide bonds. The van der Waals surface area contributed by atoms with Crippen molar-refractivity contribution in [2.45, 2.75) is 35.0 Å². The summed E-state index contributed by atoms with van der Waals surface area (Å²) in [4.78, 5) is 6.93. The molecule has 31 heteroatoms. The quantitative estimate of drug-likeness (QED) is 0.0131. The van der Waals surface area contributed by atoms with Crippen molar-refractivity contribution < 1.29 is 68.5 Å². The summed E-state index contributed by atoms with van der Waals surface area (Å²) in [6.07, 6.45) is -0.203. The molecule has 8 rings (SSSR count). The molecule has 0 saturated heterocycles. The molecular formula is C40H29ClN10O15S5. The number of nitrogens with zero attached hydrogens (tertiary/aromatic N) is 10. The number of thiazole rings is 1. The zero-order chi connectivity index (χ0) is 51.2. The molecule has 25 nitrogen and oxygen atoms in total. The minimum Gasteiger partial charge on any atom is -0.505 e. The van der Waals surface area contributed by atoms with Crippen molar-refractivity contribution in [3.8, 4) is 23.4 Å². The summed E-state index contributed by atoms with van der Waals surface area (Å²) < 4.78 is 115. The molecule has 0 aliphatic heterocycles. The number of hydrogen-bond donors (Lipinski definition) is 6. The molecule has 0 unspecified atom stereocenters. The molecule has 0 fully saturated rings. The van der Waals surface area contributed by atoms with Gasteiger partial charge in [0, 0.05) is 22.4 Å². The number of hydrogen-bond acceptors (Lipinski definition) is 23. The smallest absolute Gasteiger partial charge is 0.297 e. The van der Waals surface area contributed by atoms with Crippen molar-refractivity contribution in [2.24, 2.45) is 30.7 Å². The number of phenolic OH excluding ortho intramolecular Hbond substituents is 1. The minimum atomic E-state index is -5.26. The van der Waals surface area contributed by atoms with Crippen LogP contribution in [0.1, 0.15) is 23.1 Å². The van der Waals surface area contributed by atoms with Crippen molar-refractivity contribution in [1.82, 2.24) is 14.4 Å². The first kappa shape index (κ1) is 50.5. The Kier molecular flexibility index (Phi) is 14.0. The lowest BCUT2D eigenvalue weighted by Gasteiger charge is -2.13. The van der Waals surface area contributed by atoms with E-state index in [1.807, 2.05) is 6.07 Å². The standard InChI is InChI=1S/C40H29ClN10O15S5/c1-18-14-28(30(64-12-5-13-69(55,56)57)16-27(18)46-50-40-44-25-11-9-23(41)37(35(25)67-40)71(61,62)63)47-49-33-31(68-66-65-54)15-21-20(34(33)52)8-10-26(36(21)70(58,59)60)45-48-32-19(2)22(17-42)38-43-24-6-3-4-7-29(24)51(38)39(32)53/h3-4,6-11,14-16,52-54H,5,12-13H2,1-2H3,(H,55,56,57)(H,58,59,60)(H,61,62,63). The van der Waals surface area contributed by atoms with E-state index in [2.05, 4.69) is 50.0 Å². The minimum absolute atomic E-state index is 0.0101. The van der Waals surface area contributed by atoms with Gasteiger partial charge in [-0.25, -0.2) is 15.2 Å². The first-order chi connectivity index (χ1) is 33.6. The number of fused-ring (bicyclic) bond motifs is 5. The average molecular weight is 1090 g/mol. The Labute approximate surface area is 412 Å². The SMILES string of the molecule is Cc1cc(N=Nc2c(SOOO)cc3c(S(=O)(=O)O)c(N=Nc4c(C)c(C#N)c5nc6ccccc6n5c4O)ccc3c2O)c(OCCCS(=O)(=O)O)cc1N=Nc1nc2ccc(Cl)c(S(=O)(=O)O)c2s1. The number of para-hydroxylation sites is 2. The average Bonchev–Trinajstić information content (AvgIpc) is 3.89. The monoisotopic (exact) mass is 1080 g/mol. The van der Waals surface area contributed by atoms with Gasteiger partial charge in [-0.1, -0.05) is 40.1 Å². The molecule has 5 aromatic carbocycles. The van der Waals surface area contributed by atoms with Crippen molar-refractivity contribution in [3.05, 3.63) is 88.4 Å². The van der Waals surface area contributed by atoms with Gasteiger partial charge in [-0.15, -0.1) is 35.0 Å². The Morgan fingerprint density at radius 2 is 1.51 bits per heavy atom. The molecule has 0 bridgehead atoms. The third-order valence-electron chi connectivity index (χ3n) is 10.2. The molecule has 0 radical (unpaired) electrons. The number of aryl methyl sites for hydroxylation is 1. The summed E-state index contributed by atoms with van der Waals surface area (Å²) in [6.45, 7) is 2.72. The van der Waals surface area contributed by atoms with E-state index in [9.17, 15) is 54.4 Å². The van der Waals surface area contributed by atoms with Gasteiger partial charge in [0.15, 0.2) is 17.1 Å². The van der Waals surface area contributed by atoms with E-state index >= 15 is 0 Å². The van der Waals surface area contributed by atoms with E-state index in [0.717, 1.165) is 23.5 Å². The van der Waals surface area contributed by atoms with Crippen molar-refractivity contribution in [2.75, 3.05) is 12.4 Å². The number of imidazole rings is 1. The number of pyridine rings is 1. The van der Waals surface area contributed by atoms with Gasteiger partial charge in [0.2, 0.25) is 11.0 Å². The van der Waals surface area contributed by atoms with Crippen LogP contribution in [0.25, 0.3) is 37.7 Å². The highest BCUT2D eigenvalue weighted by Crippen LogP contribution is 2.49. The highest BCUT2D eigenvalue weighted by Gasteiger charge is 2.27. The van der Waals surface area contributed by atoms with E-state index in [1.165, 1.54) is 41.7 Å². The molecule has 0 atom stereocenters. The van der Waals surface area contributed by atoms with Crippen LogP contribution in [0, 0.1) is 25.2 Å². The zero-order valence-corrected chi connectivity index (χ0v) is 40.6. The first-order valence-corrected chi connectivity index (χ1v) is 26.0. The second-order valence-electron chi connectivity index (χ2n) is 14.7. The van der Waals surface area contributed by atoms with Crippen LogP contribution in [0.5, 0.6) is 17.4 Å². The fourth-order valence-corrected chi connectivity index (χ4v) is 11.3. The zero-order valence-electron chi connectivity index (χ0n) is 35.7. The van der Waals surface area contributed by atoms with Crippen LogP contribution in [0.2, 0.25) is 5.02 Å². The van der Waals surface area contributed by atoms with Gasteiger partial charge in [0.25, 0.3) is 30.4 Å². The maximum atomic E-state index is 13.1. The number of rotatable bonds is 16. The van der Waals surface area contributed by atoms with Gasteiger partial charge < -0.3 is 14.9 Å². The van der Waals surface area contributed by atoms with Crippen LogP contribution in [0.15, 0.2) is 112 Å². The lowest BCUT2D eigenvalue weighted by atomic mass is 10.1. The van der Waals surface area contributed by atoms with E-state index in [0.29, 0.717) is 16.6 Å². The summed E-state index contributed by atoms with van der Waals surface area (Å²) in [6, 6.07) is 17.4. The molecule has 3 heterocycles. The maximum Gasteiger partial charge on any atom is 0.297 e. The number of ether oxygens (including phenoxy) is 1. The van der Waals surface area contributed by atoms with E-state index < -0.39 is 74.3 Å². The molecule has 0 saturated carbocycles. The fraction of sp³-hybridized carbons (Fsp3) is 0.125. The van der Waals surface area contributed by atoms with Crippen LogP contribution < -0.4 is 4.74 Å². The Morgan fingerprint density at radius 1 is 0.803 bits per heavy atom. The Balaban J connectivity index is 1.21. The summed E-state index contributed by atoms with van der Waals surface area (Å²) in [7, 11) is -14.4. The second-order valence-corrected chi connectivity index (χ2v) is 21.1. The van der Waals surface area contributed by atoms with E-state index in [4.69, 9.17) is 21.6 Å². The third kappa shape index (κ3) is 10.3. The summed E-state index contributed by atoms with van der Waals surface area (Å²) >= 11 is 7.01. The molecular weight excluding hydrogens is 1060 g/mol. The molecule has 366 valence electrons. The highest BCUT2D eigenvalue weighted by atomic mass is 35.5. The van der Waals surface area contributed by atoms with Crippen LogP contribution in [-0.2, 0) is 39.7 Å². The summed E-state index contributed by atoms with van der Waals surface area (Å²) in [5.74, 6) is -2.04. The third-order valence-corrected chi connectivity index (χ3v) is 15.0. The Bertz CT molecular complexity index is 4010. The molecule has 8 aromatic rings. The number of phenols is 1. The second kappa shape index (κ2) is 19.7. The van der Waals surface area contributed by atoms with Crippen molar-refractivity contribution >= 4 is 137 Å². The van der Waals surface area contributed by atoms with Crippen LogP contribution in [0.4, 0.5) is 33.6 Å². The Morgan fingerprint density at radius 3 is 2.21 bits per heavy atom. The number of azo groups is 3. The van der Waals surface area contributed by atoms with Crippen LogP contribution >= 0.6 is 35.0 Å². The topological polar surface area (TPSA) is 380 Å². The molecule has 71 heavy (non-hydrogen) atoms. The summed E-state index contributed by atoms with van der Waals surface area (Å²) in [5.41, 5.74) is 0.518. The highest BCUT2D eigenvalue weighted by molar-refractivity contribution is 7.94. The van der Waals surface area contributed by atoms with Gasteiger partial charge in [-0.3, -0.25) is 18.1 Å². The van der Waals surface area contributed by atoms with Gasteiger partial charge >= 0.3 is 0 Å². The van der Waals surface area contributed by atoms with Gasteiger partial charge in [0.05, 0.1) is 61.3 Å². The molecule has 3 aromatic heterocycles. The number of nitriles is 1. The lowest BCUT2D eigenvalue weighted by Crippen LogP contribution is -2.08. The predicted octanol–water partition coefficient (Wildman–Crippen LogP) is 10.6. The normalized spacial score (nSPS) is 12.8. The largest absolute Gasteiger partial charge is 0.505 e. The number of benzene rings is 5. The van der Waals surface area contributed by atoms with Gasteiger partial charge in [-0.05, 0) is 74.4 Å². The Hall–Kier alpha value is -6.86. The summed E-state index contributed by atoms with van der Waals surface area (Å²) in [5, 5.41) is 69.9. The van der Waals surface area contributed by atoms with E-state index in [1.54, 1.807) is 31.2 Å². The van der Waals surface area contributed by atoms with Crippen molar-refractivity contribution in [1.29, 1.82) is 5.26 Å². The molecule has 0 spiro atoms. The maximum absolute atomic E-state index is 13.1. The fourth-order valence-electron chi connectivity index (χ4n) is 7.07. The lowest BCUT2D eigenvalue weighted by molar-refractivity contribution is -0.432. The molecule has 6 N–H and O–H groups in total. The number of aromatic hydroxyl groups is 2. The van der Waals surface area contributed by atoms with Gasteiger partial charge in [-0.2, -0.15) is 30.5 Å². The molecule has 0 aliphatic carbocycles. The molecule has 0 aliphatic rings. The number of halogens is 1. The van der Waals surface area contributed by atoms with E-state index in [-0.39, 0.29) is 95.3 Å². The van der Waals surface area contributed by atoms with Crippen LogP contribution in [-0.4, -0.2) is 81.1 Å². The van der Waals surface area contributed by atoms with Crippen LogP contribution in [0.3, 0.4) is 0 Å². The predicted molar refractivity (Wildman–Crippen MR) is 255 cm³/mol. The first-order valence-electron chi connectivity index (χ1n) is 19.6.